The molecule has 3 nitrogen and oxygen atoms in total. The molecular weight excluding hydrogens is 256 g/mol. The molecule has 1 aliphatic carbocycles. The molecule has 0 radical (unpaired) electrons. The summed E-state index contributed by atoms with van der Waals surface area (Å²) in [5.74, 6) is 1.17. The first-order valence-electron chi connectivity index (χ1n) is 7.28. The second-order valence-corrected chi connectivity index (χ2v) is 7.19. The van der Waals surface area contributed by atoms with Crippen molar-refractivity contribution in [1.29, 1.82) is 0 Å². The Hall–Kier alpha value is -0.450. The van der Waals surface area contributed by atoms with E-state index in [-0.39, 0.29) is 6.10 Å². The summed E-state index contributed by atoms with van der Waals surface area (Å²) in [5, 5.41) is 4.67. The fraction of sp³-hybridized carbons (Fsp3) is 0.800. The van der Waals surface area contributed by atoms with Crippen LogP contribution in [-0.4, -0.2) is 18.1 Å². The average molecular weight is 282 g/mol. The molecule has 0 amide bonds. The Bertz CT molecular complexity index is 410. The monoisotopic (exact) mass is 282 g/mol. The Labute approximate surface area is 120 Å². The minimum Gasteiger partial charge on any atom is -0.374 e. The van der Waals surface area contributed by atoms with E-state index in [2.05, 4.69) is 33.0 Å². The maximum atomic E-state index is 5.62. The number of nitrogens with one attached hydrogen (secondary N) is 1. The maximum absolute atomic E-state index is 5.62. The molecule has 1 saturated carbocycles. The van der Waals surface area contributed by atoms with Gasteiger partial charge in [-0.1, -0.05) is 27.7 Å². The van der Waals surface area contributed by atoms with Crippen LogP contribution in [0.2, 0.25) is 0 Å². The Morgan fingerprint density at radius 1 is 1.32 bits per heavy atom. The van der Waals surface area contributed by atoms with Crippen LogP contribution in [0.4, 0.5) is 0 Å². The summed E-state index contributed by atoms with van der Waals surface area (Å²) >= 11 is 1.83. The standard InChI is InChI=1S/C15H26N2OS/c1-9(2)14(18-5)15-17-13(11-6-7-11)12(19-15)8-16-10(3)4/h9-11,14,16H,6-8H2,1-5H3. The highest BCUT2D eigenvalue weighted by Gasteiger charge is 2.31. The molecule has 1 aromatic rings. The summed E-state index contributed by atoms with van der Waals surface area (Å²) in [6, 6.07) is 0.515. The van der Waals surface area contributed by atoms with E-state index in [1.807, 2.05) is 11.3 Å². The van der Waals surface area contributed by atoms with Crippen molar-refractivity contribution < 1.29 is 4.74 Å². The highest BCUT2D eigenvalue weighted by molar-refractivity contribution is 7.11. The van der Waals surface area contributed by atoms with Gasteiger partial charge in [0.2, 0.25) is 0 Å². The normalized spacial score (nSPS) is 17.4. The maximum Gasteiger partial charge on any atom is 0.122 e. The Morgan fingerprint density at radius 3 is 2.47 bits per heavy atom. The van der Waals surface area contributed by atoms with Gasteiger partial charge in [0.1, 0.15) is 11.1 Å². The lowest BCUT2D eigenvalue weighted by Crippen LogP contribution is -2.21. The van der Waals surface area contributed by atoms with Crippen molar-refractivity contribution in [3.8, 4) is 0 Å². The zero-order valence-electron chi connectivity index (χ0n) is 12.7. The molecule has 0 saturated heterocycles. The van der Waals surface area contributed by atoms with Gasteiger partial charge in [0.25, 0.3) is 0 Å². The molecule has 1 unspecified atom stereocenters. The number of hydrogen-bond donors (Lipinski definition) is 1. The van der Waals surface area contributed by atoms with Crippen molar-refractivity contribution in [3.05, 3.63) is 15.6 Å². The molecule has 0 spiro atoms. The van der Waals surface area contributed by atoms with E-state index in [1.54, 1.807) is 7.11 Å². The number of nitrogens with zero attached hydrogens (tertiary/aromatic N) is 1. The van der Waals surface area contributed by atoms with Crippen molar-refractivity contribution in [3.63, 3.8) is 0 Å². The quantitative estimate of drug-likeness (QED) is 0.824. The van der Waals surface area contributed by atoms with Gasteiger partial charge in [-0.3, -0.25) is 0 Å². The summed E-state index contributed by atoms with van der Waals surface area (Å²) in [6.45, 7) is 9.70. The Morgan fingerprint density at radius 2 is 2.00 bits per heavy atom. The van der Waals surface area contributed by atoms with E-state index in [9.17, 15) is 0 Å². The van der Waals surface area contributed by atoms with E-state index in [0.717, 1.165) is 11.6 Å². The van der Waals surface area contributed by atoms with Crippen molar-refractivity contribution in [1.82, 2.24) is 10.3 Å². The predicted molar refractivity (Wildman–Crippen MR) is 80.7 cm³/mol. The summed E-state index contributed by atoms with van der Waals surface area (Å²) < 4.78 is 5.62. The molecule has 0 aromatic carbocycles. The molecule has 108 valence electrons. The molecule has 1 N–H and O–H groups in total. The summed E-state index contributed by atoms with van der Waals surface area (Å²) in [7, 11) is 1.79. The summed E-state index contributed by atoms with van der Waals surface area (Å²) in [4.78, 5) is 6.31. The Kier molecular flexibility index (Phi) is 4.98. The van der Waals surface area contributed by atoms with Crippen LogP contribution >= 0.6 is 11.3 Å². The minimum atomic E-state index is 0.135. The van der Waals surface area contributed by atoms with Crippen LogP contribution in [0, 0.1) is 5.92 Å². The smallest absolute Gasteiger partial charge is 0.122 e. The van der Waals surface area contributed by atoms with Gasteiger partial charge in [0.15, 0.2) is 0 Å². The molecule has 1 aromatic heterocycles. The fourth-order valence-corrected chi connectivity index (χ4v) is 3.61. The van der Waals surface area contributed by atoms with Gasteiger partial charge in [-0.15, -0.1) is 11.3 Å². The molecule has 1 heterocycles. The first-order chi connectivity index (χ1) is 9.02. The Balaban J connectivity index is 2.19. The SMILES string of the molecule is COC(c1nc(C2CC2)c(CNC(C)C)s1)C(C)C. The van der Waals surface area contributed by atoms with Crippen molar-refractivity contribution in [2.45, 2.75) is 65.1 Å². The minimum absolute atomic E-state index is 0.135. The molecule has 2 rings (SSSR count). The number of aromatic nitrogens is 1. The number of methoxy groups -OCH3 is 1. The van der Waals surface area contributed by atoms with E-state index in [0.29, 0.717) is 17.9 Å². The average Bonchev–Trinajstić information content (AvgIpc) is 3.09. The van der Waals surface area contributed by atoms with Crippen LogP contribution in [0.3, 0.4) is 0 Å². The zero-order chi connectivity index (χ0) is 14.0. The third-order valence-electron chi connectivity index (χ3n) is 3.48. The van der Waals surface area contributed by atoms with Crippen molar-refractivity contribution in [2.24, 2.45) is 5.92 Å². The third-order valence-corrected chi connectivity index (χ3v) is 4.61. The molecule has 0 bridgehead atoms. The van der Waals surface area contributed by atoms with Crippen LogP contribution < -0.4 is 5.32 Å². The lowest BCUT2D eigenvalue weighted by atomic mass is 10.1. The molecule has 4 heteroatoms. The predicted octanol–water partition coefficient (Wildman–Crippen LogP) is 3.86. The highest BCUT2D eigenvalue weighted by Crippen LogP contribution is 2.44. The second kappa shape index (κ2) is 6.33. The van der Waals surface area contributed by atoms with E-state index >= 15 is 0 Å². The number of rotatable bonds is 7. The van der Waals surface area contributed by atoms with E-state index in [4.69, 9.17) is 9.72 Å². The van der Waals surface area contributed by atoms with Gasteiger partial charge in [-0.25, -0.2) is 4.98 Å². The summed E-state index contributed by atoms with van der Waals surface area (Å²) in [6.07, 6.45) is 2.74. The highest BCUT2D eigenvalue weighted by atomic mass is 32.1. The van der Waals surface area contributed by atoms with Gasteiger partial charge in [-0.2, -0.15) is 0 Å². The lowest BCUT2D eigenvalue weighted by molar-refractivity contribution is 0.0643. The lowest BCUT2D eigenvalue weighted by Gasteiger charge is -2.16. The van der Waals surface area contributed by atoms with Gasteiger partial charge >= 0.3 is 0 Å². The first kappa shape index (κ1) is 14.9. The zero-order valence-corrected chi connectivity index (χ0v) is 13.5. The van der Waals surface area contributed by atoms with Crippen LogP contribution in [0.15, 0.2) is 0 Å². The third kappa shape index (κ3) is 3.77. The largest absolute Gasteiger partial charge is 0.374 e. The van der Waals surface area contributed by atoms with Crippen molar-refractivity contribution >= 4 is 11.3 Å². The fourth-order valence-electron chi connectivity index (χ4n) is 2.26. The summed E-state index contributed by atoms with van der Waals surface area (Å²) in [5.41, 5.74) is 1.33. The van der Waals surface area contributed by atoms with E-state index in [1.165, 1.54) is 23.4 Å². The van der Waals surface area contributed by atoms with Gasteiger partial charge in [0.05, 0.1) is 5.69 Å². The van der Waals surface area contributed by atoms with Crippen LogP contribution in [0.25, 0.3) is 0 Å². The van der Waals surface area contributed by atoms with E-state index < -0.39 is 0 Å². The molecule has 19 heavy (non-hydrogen) atoms. The van der Waals surface area contributed by atoms with Gasteiger partial charge in [-0.05, 0) is 18.8 Å². The topological polar surface area (TPSA) is 34.1 Å². The number of ether oxygens (including phenoxy) is 1. The molecule has 0 aliphatic heterocycles. The number of hydrogen-bond acceptors (Lipinski definition) is 4. The molecule has 1 fully saturated rings. The molecule has 1 aliphatic rings. The molecule has 1 atom stereocenters. The van der Waals surface area contributed by atoms with Gasteiger partial charge < -0.3 is 10.1 Å². The first-order valence-corrected chi connectivity index (χ1v) is 8.10. The van der Waals surface area contributed by atoms with Crippen LogP contribution in [-0.2, 0) is 11.3 Å². The number of thiazole rings is 1. The van der Waals surface area contributed by atoms with Crippen LogP contribution in [0.5, 0.6) is 0 Å². The van der Waals surface area contributed by atoms with Crippen LogP contribution in [0.1, 0.15) is 68.1 Å². The van der Waals surface area contributed by atoms with Gasteiger partial charge in [0, 0.05) is 30.5 Å². The molecular formula is C15H26N2OS. The van der Waals surface area contributed by atoms with Crippen molar-refractivity contribution in [2.75, 3.05) is 7.11 Å². The second-order valence-electron chi connectivity index (χ2n) is 6.07.